The van der Waals surface area contributed by atoms with E-state index in [2.05, 4.69) is 4.98 Å². The first-order valence-corrected chi connectivity index (χ1v) is 7.27. The van der Waals surface area contributed by atoms with Gasteiger partial charge in [0.2, 0.25) is 0 Å². The standard InChI is InChI=1S/C15H15NO4S/c1-19-13-4-2-3-5-14(13)20-8-9-21-11-6-7-16-12(10-11)15(17)18/h2-7,10H,8-9H2,1H3,(H,17,18). The highest BCUT2D eigenvalue weighted by Gasteiger charge is 2.06. The zero-order chi connectivity index (χ0) is 15.1. The normalized spacial score (nSPS) is 10.1. The fourth-order valence-corrected chi connectivity index (χ4v) is 2.42. The van der Waals surface area contributed by atoms with Crippen molar-refractivity contribution < 1.29 is 19.4 Å². The third-order valence-electron chi connectivity index (χ3n) is 2.63. The summed E-state index contributed by atoms with van der Waals surface area (Å²) in [5, 5.41) is 8.88. The van der Waals surface area contributed by atoms with E-state index in [0.29, 0.717) is 23.9 Å². The van der Waals surface area contributed by atoms with E-state index in [1.54, 1.807) is 19.2 Å². The molecule has 0 fully saturated rings. The molecule has 1 aromatic heterocycles. The van der Waals surface area contributed by atoms with Crippen LogP contribution in [0.2, 0.25) is 0 Å². The molecule has 0 saturated carbocycles. The second-order valence-electron chi connectivity index (χ2n) is 4.03. The van der Waals surface area contributed by atoms with Crippen LogP contribution in [0.15, 0.2) is 47.5 Å². The molecule has 0 radical (unpaired) electrons. The number of aromatic carboxylic acids is 1. The molecule has 6 heteroatoms. The molecule has 1 aromatic carbocycles. The predicted octanol–water partition coefficient (Wildman–Crippen LogP) is 2.96. The first kappa shape index (κ1) is 15.2. The number of carbonyl (C=O) groups is 1. The van der Waals surface area contributed by atoms with E-state index < -0.39 is 5.97 Å². The molecular formula is C15H15NO4S. The molecule has 0 aliphatic carbocycles. The lowest BCUT2D eigenvalue weighted by Crippen LogP contribution is -2.02. The molecule has 0 aliphatic rings. The van der Waals surface area contributed by atoms with Crippen molar-refractivity contribution >= 4 is 17.7 Å². The summed E-state index contributed by atoms with van der Waals surface area (Å²) < 4.78 is 10.8. The average molecular weight is 305 g/mol. The lowest BCUT2D eigenvalue weighted by molar-refractivity contribution is 0.0690. The molecule has 0 amide bonds. The molecule has 0 aliphatic heterocycles. The Kier molecular flexibility index (Phi) is 5.45. The number of pyridine rings is 1. The number of methoxy groups -OCH3 is 1. The number of carboxylic acids is 1. The van der Waals surface area contributed by atoms with E-state index in [-0.39, 0.29) is 5.69 Å². The number of hydrogen-bond donors (Lipinski definition) is 1. The second-order valence-corrected chi connectivity index (χ2v) is 5.20. The summed E-state index contributed by atoms with van der Waals surface area (Å²) in [6, 6.07) is 10.8. The van der Waals surface area contributed by atoms with Gasteiger partial charge in [0.1, 0.15) is 5.69 Å². The summed E-state index contributed by atoms with van der Waals surface area (Å²) in [6.07, 6.45) is 1.49. The minimum Gasteiger partial charge on any atom is -0.493 e. The first-order valence-electron chi connectivity index (χ1n) is 6.28. The Balaban J connectivity index is 1.85. The topological polar surface area (TPSA) is 68.7 Å². The Morgan fingerprint density at radius 1 is 1.29 bits per heavy atom. The maximum atomic E-state index is 10.8. The molecule has 0 bridgehead atoms. The molecule has 5 nitrogen and oxygen atoms in total. The molecule has 110 valence electrons. The van der Waals surface area contributed by atoms with E-state index in [9.17, 15) is 4.79 Å². The quantitative estimate of drug-likeness (QED) is 0.626. The Hall–Kier alpha value is -2.21. The van der Waals surface area contributed by atoms with Crippen molar-refractivity contribution in [1.29, 1.82) is 0 Å². The van der Waals surface area contributed by atoms with Crippen LogP contribution in [0.4, 0.5) is 0 Å². The molecule has 0 saturated heterocycles. The fraction of sp³-hybridized carbons (Fsp3) is 0.200. The first-order chi connectivity index (χ1) is 10.2. The predicted molar refractivity (Wildman–Crippen MR) is 80.4 cm³/mol. The number of benzene rings is 1. The Labute approximate surface area is 126 Å². The minimum atomic E-state index is -1.03. The number of hydrogen-bond acceptors (Lipinski definition) is 5. The fourth-order valence-electron chi connectivity index (χ4n) is 1.67. The zero-order valence-electron chi connectivity index (χ0n) is 11.5. The van der Waals surface area contributed by atoms with Crippen LogP contribution in [0.1, 0.15) is 10.5 Å². The molecule has 2 rings (SSSR count). The van der Waals surface area contributed by atoms with Gasteiger partial charge >= 0.3 is 5.97 Å². The summed E-state index contributed by atoms with van der Waals surface area (Å²) in [7, 11) is 1.60. The van der Waals surface area contributed by atoms with Crippen LogP contribution < -0.4 is 9.47 Å². The van der Waals surface area contributed by atoms with Gasteiger partial charge in [0.05, 0.1) is 13.7 Å². The largest absolute Gasteiger partial charge is 0.493 e. The van der Waals surface area contributed by atoms with Crippen LogP contribution in [-0.4, -0.2) is 35.5 Å². The van der Waals surface area contributed by atoms with E-state index >= 15 is 0 Å². The van der Waals surface area contributed by atoms with Crippen molar-refractivity contribution in [3.63, 3.8) is 0 Å². The van der Waals surface area contributed by atoms with Crippen LogP contribution >= 0.6 is 11.8 Å². The maximum Gasteiger partial charge on any atom is 0.354 e. The van der Waals surface area contributed by atoms with Crippen molar-refractivity contribution in [1.82, 2.24) is 4.98 Å². The van der Waals surface area contributed by atoms with Gasteiger partial charge in [-0.2, -0.15) is 0 Å². The third kappa shape index (κ3) is 4.39. The summed E-state index contributed by atoms with van der Waals surface area (Å²) in [6.45, 7) is 0.496. The van der Waals surface area contributed by atoms with Gasteiger partial charge in [-0.15, -0.1) is 11.8 Å². The average Bonchev–Trinajstić information content (AvgIpc) is 2.52. The third-order valence-corrected chi connectivity index (χ3v) is 3.59. The molecule has 0 unspecified atom stereocenters. The molecule has 1 N–H and O–H groups in total. The summed E-state index contributed by atoms with van der Waals surface area (Å²) in [5.74, 6) is 1.06. The van der Waals surface area contributed by atoms with E-state index in [4.69, 9.17) is 14.6 Å². The van der Waals surface area contributed by atoms with Crippen LogP contribution in [0.3, 0.4) is 0 Å². The van der Waals surface area contributed by atoms with E-state index in [0.717, 1.165) is 4.90 Å². The second kappa shape index (κ2) is 7.54. The Bertz CT molecular complexity index is 618. The number of aromatic nitrogens is 1. The molecule has 1 heterocycles. The van der Waals surface area contributed by atoms with Crippen molar-refractivity contribution in [3.8, 4) is 11.5 Å². The van der Waals surface area contributed by atoms with Crippen molar-refractivity contribution in [3.05, 3.63) is 48.3 Å². The van der Waals surface area contributed by atoms with Gasteiger partial charge in [-0.25, -0.2) is 9.78 Å². The number of ether oxygens (including phenoxy) is 2. The van der Waals surface area contributed by atoms with Crippen molar-refractivity contribution in [2.75, 3.05) is 19.5 Å². The van der Waals surface area contributed by atoms with Gasteiger partial charge in [0.15, 0.2) is 11.5 Å². The monoisotopic (exact) mass is 305 g/mol. The summed E-state index contributed by atoms with van der Waals surface area (Å²) in [5.41, 5.74) is 0.0469. The molecule has 2 aromatic rings. The van der Waals surface area contributed by atoms with Gasteiger partial charge in [-0.1, -0.05) is 12.1 Å². The highest BCUT2D eigenvalue weighted by molar-refractivity contribution is 7.99. The van der Waals surface area contributed by atoms with Gasteiger partial charge in [-0.05, 0) is 24.3 Å². The van der Waals surface area contributed by atoms with Gasteiger partial charge < -0.3 is 14.6 Å². The Morgan fingerprint density at radius 3 is 2.76 bits per heavy atom. The molecule has 21 heavy (non-hydrogen) atoms. The molecule has 0 spiro atoms. The summed E-state index contributed by atoms with van der Waals surface area (Å²) in [4.78, 5) is 15.5. The van der Waals surface area contributed by atoms with Crippen molar-refractivity contribution in [2.24, 2.45) is 0 Å². The Morgan fingerprint density at radius 2 is 2.05 bits per heavy atom. The van der Waals surface area contributed by atoms with Crippen LogP contribution in [0.5, 0.6) is 11.5 Å². The number of carboxylic acid groups (broad SMARTS) is 1. The number of nitrogens with zero attached hydrogens (tertiary/aromatic N) is 1. The summed E-state index contributed by atoms with van der Waals surface area (Å²) >= 11 is 1.52. The van der Waals surface area contributed by atoms with Crippen molar-refractivity contribution in [2.45, 2.75) is 4.90 Å². The van der Waals surface area contributed by atoms with Gasteiger partial charge in [0, 0.05) is 16.8 Å². The molecular weight excluding hydrogens is 290 g/mol. The van der Waals surface area contributed by atoms with E-state index in [1.165, 1.54) is 18.0 Å². The number of para-hydroxylation sites is 2. The van der Waals surface area contributed by atoms with Gasteiger partial charge in [-0.3, -0.25) is 0 Å². The highest BCUT2D eigenvalue weighted by atomic mass is 32.2. The lowest BCUT2D eigenvalue weighted by atomic mass is 10.3. The smallest absolute Gasteiger partial charge is 0.354 e. The van der Waals surface area contributed by atoms with Gasteiger partial charge in [0.25, 0.3) is 0 Å². The number of rotatable bonds is 7. The maximum absolute atomic E-state index is 10.8. The van der Waals surface area contributed by atoms with Crippen LogP contribution in [-0.2, 0) is 0 Å². The zero-order valence-corrected chi connectivity index (χ0v) is 12.3. The van der Waals surface area contributed by atoms with E-state index in [1.807, 2.05) is 24.3 Å². The SMILES string of the molecule is COc1ccccc1OCCSc1ccnc(C(=O)O)c1. The number of thioether (sulfide) groups is 1. The lowest BCUT2D eigenvalue weighted by Gasteiger charge is -2.10. The highest BCUT2D eigenvalue weighted by Crippen LogP contribution is 2.26. The molecule has 0 atom stereocenters. The van der Waals surface area contributed by atoms with Crippen LogP contribution in [0, 0.1) is 0 Å². The minimum absolute atomic E-state index is 0.0469. The van der Waals surface area contributed by atoms with Crippen LogP contribution in [0.25, 0.3) is 0 Å².